The maximum Gasteiger partial charge on any atom is 0.218 e. The number of amides is 1. The third kappa shape index (κ3) is 1.96. The number of aryl methyl sites for hydroxylation is 2. The SMILES string of the molecule is Cc1oc(C)c(N(C=O)c2ccccc2)c1C. The van der Waals surface area contributed by atoms with E-state index in [1.54, 1.807) is 4.90 Å². The minimum absolute atomic E-state index is 0.760. The van der Waals surface area contributed by atoms with Crippen molar-refractivity contribution in [2.45, 2.75) is 20.8 Å². The van der Waals surface area contributed by atoms with Gasteiger partial charge in [-0.25, -0.2) is 0 Å². The molecule has 1 amide bonds. The molecule has 2 aromatic rings. The Hall–Kier alpha value is -2.03. The molecule has 0 atom stereocenters. The van der Waals surface area contributed by atoms with Crippen LogP contribution in [0.4, 0.5) is 11.4 Å². The number of carbonyl (C=O) groups excluding carboxylic acids is 1. The predicted molar refractivity (Wildman–Crippen MR) is 67.6 cm³/mol. The molecule has 0 unspecified atom stereocenters. The minimum atomic E-state index is 0.760. The average molecular weight is 229 g/mol. The van der Waals surface area contributed by atoms with Gasteiger partial charge < -0.3 is 4.42 Å². The van der Waals surface area contributed by atoms with Gasteiger partial charge in [-0.2, -0.15) is 0 Å². The Kier molecular flexibility index (Phi) is 3.00. The molecule has 1 heterocycles. The normalized spacial score (nSPS) is 10.3. The smallest absolute Gasteiger partial charge is 0.218 e. The maximum atomic E-state index is 11.3. The third-order valence-electron chi connectivity index (χ3n) is 2.90. The van der Waals surface area contributed by atoms with E-state index in [0.29, 0.717) is 0 Å². The van der Waals surface area contributed by atoms with E-state index in [2.05, 4.69) is 0 Å². The summed E-state index contributed by atoms with van der Waals surface area (Å²) in [5.41, 5.74) is 2.68. The highest BCUT2D eigenvalue weighted by molar-refractivity contribution is 5.88. The van der Waals surface area contributed by atoms with Crippen LogP contribution in [0.3, 0.4) is 0 Å². The zero-order valence-corrected chi connectivity index (χ0v) is 10.2. The van der Waals surface area contributed by atoms with E-state index in [4.69, 9.17) is 4.42 Å². The van der Waals surface area contributed by atoms with Crippen molar-refractivity contribution in [2.24, 2.45) is 0 Å². The van der Waals surface area contributed by atoms with Gasteiger partial charge in [0, 0.05) is 11.3 Å². The lowest BCUT2D eigenvalue weighted by Crippen LogP contribution is -2.15. The predicted octanol–water partition coefficient (Wildman–Crippen LogP) is 3.50. The highest BCUT2D eigenvalue weighted by Gasteiger charge is 2.18. The molecule has 0 fully saturated rings. The van der Waals surface area contributed by atoms with Crippen molar-refractivity contribution in [1.29, 1.82) is 0 Å². The van der Waals surface area contributed by atoms with E-state index < -0.39 is 0 Å². The molecule has 3 heteroatoms. The fraction of sp³-hybridized carbons (Fsp3) is 0.214. The summed E-state index contributed by atoms with van der Waals surface area (Å²) in [7, 11) is 0. The van der Waals surface area contributed by atoms with Crippen molar-refractivity contribution in [3.8, 4) is 0 Å². The van der Waals surface area contributed by atoms with E-state index >= 15 is 0 Å². The van der Waals surface area contributed by atoms with Gasteiger partial charge in [-0.3, -0.25) is 9.69 Å². The van der Waals surface area contributed by atoms with E-state index in [9.17, 15) is 4.79 Å². The number of para-hydroxylation sites is 1. The Morgan fingerprint density at radius 2 is 1.71 bits per heavy atom. The van der Waals surface area contributed by atoms with Crippen LogP contribution in [0.25, 0.3) is 0 Å². The first-order valence-electron chi connectivity index (χ1n) is 5.51. The first kappa shape index (κ1) is 11.5. The Morgan fingerprint density at radius 1 is 1.06 bits per heavy atom. The lowest BCUT2D eigenvalue weighted by molar-refractivity contribution is -0.106. The number of hydrogen-bond donors (Lipinski definition) is 0. The van der Waals surface area contributed by atoms with Gasteiger partial charge in [-0.1, -0.05) is 18.2 Å². The highest BCUT2D eigenvalue weighted by Crippen LogP contribution is 2.33. The Morgan fingerprint density at radius 3 is 2.18 bits per heavy atom. The molecule has 0 saturated carbocycles. The summed E-state index contributed by atoms with van der Waals surface area (Å²) < 4.78 is 5.55. The minimum Gasteiger partial charge on any atom is -0.464 e. The zero-order valence-electron chi connectivity index (χ0n) is 10.2. The average Bonchev–Trinajstić information content (AvgIpc) is 2.58. The Labute approximate surface area is 101 Å². The molecular weight excluding hydrogens is 214 g/mol. The van der Waals surface area contributed by atoms with E-state index in [0.717, 1.165) is 34.9 Å². The van der Waals surface area contributed by atoms with Gasteiger partial charge in [-0.05, 0) is 32.9 Å². The molecule has 0 saturated heterocycles. The monoisotopic (exact) mass is 229 g/mol. The number of carbonyl (C=O) groups is 1. The van der Waals surface area contributed by atoms with Gasteiger partial charge in [0.25, 0.3) is 0 Å². The van der Waals surface area contributed by atoms with Crippen molar-refractivity contribution in [2.75, 3.05) is 4.90 Å². The molecular formula is C14H15NO2. The van der Waals surface area contributed by atoms with Crippen LogP contribution in [0.2, 0.25) is 0 Å². The summed E-state index contributed by atoms with van der Waals surface area (Å²) in [5, 5.41) is 0. The molecule has 0 aliphatic rings. The first-order valence-corrected chi connectivity index (χ1v) is 5.51. The van der Waals surface area contributed by atoms with E-state index in [1.807, 2.05) is 51.1 Å². The standard InChI is InChI=1S/C14H15NO2/c1-10-11(2)17-12(3)14(10)15(9-16)13-7-5-4-6-8-13/h4-9H,1-3H3. The Balaban J connectivity index is 2.53. The van der Waals surface area contributed by atoms with Gasteiger partial charge in [0.2, 0.25) is 6.41 Å². The number of rotatable bonds is 3. The van der Waals surface area contributed by atoms with Gasteiger partial charge in [0.05, 0.1) is 5.69 Å². The van der Waals surface area contributed by atoms with E-state index in [1.165, 1.54) is 0 Å². The van der Waals surface area contributed by atoms with Crippen LogP contribution in [0.15, 0.2) is 34.7 Å². The van der Waals surface area contributed by atoms with Crippen molar-refractivity contribution in [3.05, 3.63) is 47.4 Å². The second-order valence-corrected chi connectivity index (χ2v) is 4.00. The van der Waals surface area contributed by atoms with Crippen LogP contribution in [0, 0.1) is 20.8 Å². The maximum absolute atomic E-state index is 11.3. The van der Waals surface area contributed by atoms with Crippen LogP contribution in [0.1, 0.15) is 17.1 Å². The quantitative estimate of drug-likeness (QED) is 0.755. The molecule has 88 valence electrons. The number of hydrogen-bond acceptors (Lipinski definition) is 2. The topological polar surface area (TPSA) is 33.5 Å². The zero-order chi connectivity index (χ0) is 12.4. The van der Waals surface area contributed by atoms with Crippen LogP contribution in [0.5, 0.6) is 0 Å². The molecule has 0 N–H and O–H groups in total. The molecule has 3 nitrogen and oxygen atoms in total. The van der Waals surface area contributed by atoms with Crippen LogP contribution < -0.4 is 4.90 Å². The molecule has 0 aliphatic carbocycles. The van der Waals surface area contributed by atoms with Gasteiger partial charge in [-0.15, -0.1) is 0 Å². The summed E-state index contributed by atoms with van der Waals surface area (Å²) >= 11 is 0. The second kappa shape index (κ2) is 4.45. The largest absolute Gasteiger partial charge is 0.464 e. The van der Waals surface area contributed by atoms with Crippen LogP contribution >= 0.6 is 0 Å². The number of furan rings is 1. The lowest BCUT2D eigenvalue weighted by atomic mass is 10.2. The van der Waals surface area contributed by atoms with Crippen molar-refractivity contribution >= 4 is 17.8 Å². The van der Waals surface area contributed by atoms with Crippen molar-refractivity contribution in [1.82, 2.24) is 0 Å². The molecule has 1 aromatic carbocycles. The van der Waals surface area contributed by atoms with Crippen molar-refractivity contribution < 1.29 is 9.21 Å². The molecule has 2 rings (SSSR count). The summed E-state index contributed by atoms with van der Waals surface area (Å²) in [6.07, 6.45) is 0.819. The van der Waals surface area contributed by atoms with Crippen LogP contribution in [-0.2, 0) is 4.79 Å². The Bertz CT molecular complexity index is 529. The number of anilines is 2. The summed E-state index contributed by atoms with van der Waals surface area (Å²) in [6, 6.07) is 9.53. The van der Waals surface area contributed by atoms with Crippen molar-refractivity contribution in [3.63, 3.8) is 0 Å². The van der Waals surface area contributed by atoms with Crippen LogP contribution in [-0.4, -0.2) is 6.41 Å². The fourth-order valence-electron chi connectivity index (χ4n) is 1.97. The summed E-state index contributed by atoms with van der Waals surface area (Å²) in [4.78, 5) is 12.9. The molecule has 0 aliphatic heterocycles. The van der Waals surface area contributed by atoms with E-state index in [-0.39, 0.29) is 0 Å². The second-order valence-electron chi connectivity index (χ2n) is 4.00. The van der Waals surface area contributed by atoms with Gasteiger partial charge in [0.1, 0.15) is 11.5 Å². The molecule has 0 radical (unpaired) electrons. The first-order chi connectivity index (χ1) is 8.15. The number of nitrogens with zero attached hydrogens (tertiary/aromatic N) is 1. The fourth-order valence-corrected chi connectivity index (χ4v) is 1.97. The molecule has 1 aromatic heterocycles. The lowest BCUT2D eigenvalue weighted by Gasteiger charge is -2.17. The summed E-state index contributed by atoms with van der Waals surface area (Å²) in [5.74, 6) is 1.61. The molecule has 0 bridgehead atoms. The summed E-state index contributed by atoms with van der Waals surface area (Å²) in [6.45, 7) is 5.73. The van der Waals surface area contributed by atoms with Gasteiger partial charge in [0.15, 0.2) is 0 Å². The van der Waals surface area contributed by atoms with Gasteiger partial charge >= 0.3 is 0 Å². The molecule has 17 heavy (non-hydrogen) atoms. The molecule has 0 spiro atoms. The third-order valence-corrected chi connectivity index (χ3v) is 2.90. The highest BCUT2D eigenvalue weighted by atomic mass is 16.3. The number of benzene rings is 1.